The van der Waals surface area contributed by atoms with Crippen LogP contribution >= 0.6 is 0 Å². The average Bonchev–Trinajstić information content (AvgIpc) is 3.44. The van der Waals surface area contributed by atoms with Crippen molar-refractivity contribution in [2.45, 2.75) is 38.6 Å². The lowest BCUT2D eigenvalue weighted by Gasteiger charge is -2.16. The summed E-state index contributed by atoms with van der Waals surface area (Å²) in [6, 6.07) is 12.1. The molecule has 2 aromatic carbocycles. The number of benzene rings is 2. The minimum atomic E-state index is -0.388. The summed E-state index contributed by atoms with van der Waals surface area (Å²) in [5.41, 5.74) is 8.26. The van der Waals surface area contributed by atoms with Gasteiger partial charge in [0.2, 0.25) is 5.91 Å². The van der Waals surface area contributed by atoms with Crippen LogP contribution in [-0.2, 0) is 11.2 Å². The van der Waals surface area contributed by atoms with Gasteiger partial charge in [0.05, 0.1) is 12.6 Å². The predicted octanol–water partition coefficient (Wildman–Crippen LogP) is 4.01. The van der Waals surface area contributed by atoms with Crippen LogP contribution in [0.25, 0.3) is 0 Å². The van der Waals surface area contributed by atoms with E-state index in [1.807, 2.05) is 31.2 Å². The summed E-state index contributed by atoms with van der Waals surface area (Å²) in [7, 11) is 0. The number of halogens is 1. The number of rotatable bonds is 8. The van der Waals surface area contributed by atoms with Gasteiger partial charge in [0.25, 0.3) is 0 Å². The Morgan fingerprint density at radius 3 is 2.77 bits per heavy atom. The summed E-state index contributed by atoms with van der Waals surface area (Å²) in [4.78, 5) is 12.2. The largest absolute Gasteiger partial charge is 0.490 e. The van der Waals surface area contributed by atoms with Crippen LogP contribution in [0.5, 0.6) is 5.75 Å². The summed E-state index contributed by atoms with van der Waals surface area (Å²) in [5, 5.41) is 2.91. The molecule has 1 fully saturated rings. The summed E-state index contributed by atoms with van der Waals surface area (Å²) < 4.78 is 19.7. The van der Waals surface area contributed by atoms with Crippen LogP contribution in [-0.4, -0.2) is 12.5 Å². The molecule has 2 aromatic rings. The van der Waals surface area contributed by atoms with Gasteiger partial charge in [0.1, 0.15) is 0 Å². The van der Waals surface area contributed by atoms with Crippen molar-refractivity contribution in [2.75, 3.05) is 12.3 Å². The first-order valence-electron chi connectivity index (χ1n) is 9.08. The van der Waals surface area contributed by atoms with Gasteiger partial charge >= 0.3 is 0 Å². The fourth-order valence-corrected chi connectivity index (χ4v) is 2.80. The SMILES string of the molecule is CC(NC(=O)CCc1ccccc1N)c1ccc(OCC2CC2)c(F)c1. The molecule has 0 bridgehead atoms. The number of anilines is 1. The zero-order chi connectivity index (χ0) is 18.5. The molecule has 26 heavy (non-hydrogen) atoms. The van der Waals surface area contributed by atoms with E-state index in [1.54, 1.807) is 12.1 Å². The van der Waals surface area contributed by atoms with Gasteiger partial charge in [-0.1, -0.05) is 24.3 Å². The molecule has 0 radical (unpaired) electrons. The third-order valence-corrected chi connectivity index (χ3v) is 4.68. The number of nitrogens with one attached hydrogen (secondary N) is 1. The smallest absolute Gasteiger partial charge is 0.220 e. The lowest BCUT2D eigenvalue weighted by atomic mass is 10.1. The molecule has 0 aliphatic heterocycles. The number of hydrogen-bond acceptors (Lipinski definition) is 3. The fourth-order valence-electron chi connectivity index (χ4n) is 2.80. The first-order valence-corrected chi connectivity index (χ1v) is 9.08. The van der Waals surface area contributed by atoms with E-state index < -0.39 is 0 Å². The number of ether oxygens (including phenoxy) is 1. The molecular formula is C21H25FN2O2. The molecule has 0 saturated heterocycles. The fraction of sp³-hybridized carbons (Fsp3) is 0.381. The Hall–Kier alpha value is -2.56. The van der Waals surface area contributed by atoms with Gasteiger partial charge in [-0.05, 0) is 61.4 Å². The monoisotopic (exact) mass is 356 g/mol. The van der Waals surface area contributed by atoms with E-state index in [0.717, 1.165) is 18.4 Å². The highest BCUT2D eigenvalue weighted by atomic mass is 19.1. The standard InChI is InChI=1S/C21H25FN2O2/c1-14(24-21(25)11-9-16-4-2-3-5-19(16)23)17-8-10-20(18(22)12-17)26-13-15-6-7-15/h2-5,8,10,12,14-15H,6-7,9,11,13,23H2,1H3,(H,24,25). The Kier molecular flexibility index (Phi) is 5.76. The summed E-state index contributed by atoms with van der Waals surface area (Å²) in [6.07, 6.45) is 3.24. The van der Waals surface area contributed by atoms with Crippen molar-refractivity contribution in [3.05, 3.63) is 59.4 Å². The Balaban J connectivity index is 1.51. The molecule has 0 heterocycles. The Bertz CT molecular complexity index is 774. The molecule has 0 spiro atoms. The quantitative estimate of drug-likeness (QED) is 0.703. The lowest BCUT2D eigenvalue weighted by Crippen LogP contribution is -2.27. The summed E-state index contributed by atoms with van der Waals surface area (Å²) in [6.45, 7) is 2.42. The Morgan fingerprint density at radius 2 is 2.08 bits per heavy atom. The number of carbonyl (C=O) groups excluding carboxylic acids is 1. The van der Waals surface area contributed by atoms with Crippen LogP contribution in [0.3, 0.4) is 0 Å². The zero-order valence-electron chi connectivity index (χ0n) is 15.0. The predicted molar refractivity (Wildman–Crippen MR) is 100 cm³/mol. The van der Waals surface area contributed by atoms with E-state index in [9.17, 15) is 9.18 Å². The van der Waals surface area contributed by atoms with Crippen molar-refractivity contribution in [3.8, 4) is 5.75 Å². The van der Waals surface area contributed by atoms with Gasteiger partial charge in [-0.15, -0.1) is 0 Å². The van der Waals surface area contributed by atoms with Gasteiger partial charge in [-0.25, -0.2) is 4.39 Å². The first kappa shape index (κ1) is 18.2. The van der Waals surface area contributed by atoms with Gasteiger partial charge in [-0.2, -0.15) is 0 Å². The zero-order valence-corrected chi connectivity index (χ0v) is 15.0. The molecule has 3 N–H and O–H groups in total. The number of aryl methyl sites for hydroxylation is 1. The summed E-state index contributed by atoms with van der Waals surface area (Å²) in [5.74, 6) is 0.376. The number of amides is 1. The first-order chi connectivity index (χ1) is 12.5. The van der Waals surface area contributed by atoms with Crippen LogP contribution < -0.4 is 15.8 Å². The van der Waals surface area contributed by atoms with Crippen molar-refractivity contribution in [2.24, 2.45) is 5.92 Å². The van der Waals surface area contributed by atoms with E-state index in [1.165, 1.54) is 6.07 Å². The van der Waals surface area contributed by atoms with Crippen molar-refractivity contribution >= 4 is 11.6 Å². The molecule has 1 aliphatic rings. The molecule has 1 atom stereocenters. The summed E-state index contributed by atoms with van der Waals surface area (Å²) >= 11 is 0. The highest BCUT2D eigenvalue weighted by molar-refractivity contribution is 5.77. The molecule has 138 valence electrons. The lowest BCUT2D eigenvalue weighted by molar-refractivity contribution is -0.121. The van der Waals surface area contributed by atoms with E-state index >= 15 is 0 Å². The molecule has 4 nitrogen and oxygen atoms in total. The number of carbonyl (C=O) groups is 1. The third-order valence-electron chi connectivity index (χ3n) is 4.68. The van der Waals surface area contributed by atoms with E-state index in [-0.39, 0.29) is 23.5 Å². The second kappa shape index (κ2) is 8.21. The van der Waals surface area contributed by atoms with Crippen LogP contribution in [0.15, 0.2) is 42.5 Å². The number of nitrogen functional groups attached to an aromatic ring is 1. The maximum atomic E-state index is 14.2. The molecule has 1 aliphatic carbocycles. The Labute approximate surface area is 153 Å². The number of para-hydroxylation sites is 1. The van der Waals surface area contributed by atoms with Crippen LogP contribution in [0.2, 0.25) is 0 Å². The highest BCUT2D eigenvalue weighted by Gasteiger charge is 2.22. The van der Waals surface area contributed by atoms with Crippen molar-refractivity contribution in [1.29, 1.82) is 0 Å². The highest BCUT2D eigenvalue weighted by Crippen LogP contribution is 2.30. The third kappa shape index (κ3) is 4.97. The molecule has 1 unspecified atom stereocenters. The van der Waals surface area contributed by atoms with Crippen molar-refractivity contribution in [1.82, 2.24) is 5.32 Å². The van der Waals surface area contributed by atoms with E-state index in [4.69, 9.17) is 10.5 Å². The van der Waals surface area contributed by atoms with Gasteiger partial charge in [-0.3, -0.25) is 4.79 Å². The number of hydrogen-bond donors (Lipinski definition) is 2. The van der Waals surface area contributed by atoms with Crippen molar-refractivity contribution < 1.29 is 13.9 Å². The van der Waals surface area contributed by atoms with Crippen LogP contribution in [0, 0.1) is 11.7 Å². The molecule has 1 saturated carbocycles. The second-order valence-corrected chi connectivity index (χ2v) is 6.93. The van der Waals surface area contributed by atoms with Crippen LogP contribution in [0.1, 0.15) is 43.4 Å². The average molecular weight is 356 g/mol. The van der Waals surface area contributed by atoms with Gasteiger partial charge in [0, 0.05) is 12.1 Å². The molecule has 1 amide bonds. The molecule has 3 rings (SSSR count). The van der Waals surface area contributed by atoms with Crippen LogP contribution in [0.4, 0.5) is 10.1 Å². The second-order valence-electron chi connectivity index (χ2n) is 6.93. The molecular weight excluding hydrogens is 331 g/mol. The van der Waals surface area contributed by atoms with E-state index in [2.05, 4.69) is 5.32 Å². The molecule has 5 heteroatoms. The normalized spacial score (nSPS) is 14.7. The van der Waals surface area contributed by atoms with Crippen molar-refractivity contribution in [3.63, 3.8) is 0 Å². The minimum absolute atomic E-state index is 0.0878. The maximum absolute atomic E-state index is 14.2. The van der Waals surface area contributed by atoms with Gasteiger partial charge < -0.3 is 15.8 Å². The number of nitrogens with two attached hydrogens (primary N) is 1. The topological polar surface area (TPSA) is 64.4 Å². The van der Waals surface area contributed by atoms with E-state index in [0.29, 0.717) is 36.6 Å². The Morgan fingerprint density at radius 1 is 1.31 bits per heavy atom. The molecule has 0 aromatic heterocycles. The maximum Gasteiger partial charge on any atom is 0.220 e. The minimum Gasteiger partial charge on any atom is -0.490 e. The van der Waals surface area contributed by atoms with Gasteiger partial charge in [0.15, 0.2) is 11.6 Å².